The molecule has 0 aliphatic rings. The minimum absolute atomic E-state index is 0.163. The summed E-state index contributed by atoms with van der Waals surface area (Å²) in [5.74, 6) is -0.983. The Labute approximate surface area is 164 Å². The first-order valence-electron chi connectivity index (χ1n) is 8.72. The third-order valence-corrected chi connectivity index (χ3v) is 4.31. The van der Waals surface area contributed by atoms with E-state index in [0.717, 1.165) is 10.1 Å². The zero-order valence-corrected chi connectivity index (χ0v) is 15.1. The Balaban J connectivity index is 1.46. The summed E-state index contributed by atoms with van der Waals surface area (Å²) in [5, 5.41) is 12.1. The maximum Gasteiger partial charge on any atom is 0.275 e. The Bertz CT molecular complexity index is 1270. The maximum absolute atomic E-state index is 12.4. The number of hydrogen-bond acceptors (Lipinski definition) is 5. The van der Waals surface area contributed by atoms with Gasteiger partial charge in [0.05, 0.1) is 17.3 Å². The molecule has 2 heterocycles. The van der Waals surface area contributed by atoms with Crippen molar-refractivity contribution in [1.29, 1.82) is 0 Å². The van der Waals surface area contributed by atoms with Gasteiger partial charge in [-0.05, 0) is 36.4 Å². The average molecular weight is 388 g/mol. The third kappa shape index (κ3) is 3.74. The Hall–Kier alpha value is -4.27. The second-order valence-corrected chi connectivity index (χ2v) is 6.30. The van der Waals surface area contributed by atoms with Crippen molar-refractivity contribution in [3.63, 3.8) is 0 Å². The van der Waals surface area contributed by atoms with Crippen molar-refractivity contribution < 1.29 is 9.59 Å². The number of anilines is 1. The van der Waals surface area contributed by atoms with E-state index >= 15 is 0 Å². The van der Waals surface area contributed by atoms with Crippen LogP contribution < -0.4 is 16.6 Å². The summed E-state index contributed by atoms with van der Waals surface area (Å²) in [4.78, 5) is 35.9. The third-order valence-electron chi connectivity index (χ3n) is 4.31. The van der Waals surface area contributed by atoms with Crippen LogP contribution in [0, 0.1) is 0 Å². The maximum atomic E-state index is 12.4. The average Bonchev–Trinajstić information content (AvgIpc) is 3.21. The van der Waals surface area contributed by atoms with E-state index in [1.54, 1.807) is 54.9 Å². The van der Waals surface area contributed by atoms with Gasteiger partial charge in [-0.3, -0.25) is 14.4 Å². The van der Waals surface area contributed by atoms with Crippen molar-refractivity contribution in [3.05, 3.63) is 83.0 Å². The molecule has 3 N–H and O–H groups in total. The molecule has 4 rings (SSSR count). The molecule has 0 aliphatic heterocycles. The van der Waals surface area contributed by atoms with Gasteiger partial charge in [-0.2, -0.15) is 10.2 Å². The second kappa shape index (κ2) is 7.39. The van der Waals surface area contributed by atoms with Crippen molar-refractivity contribution in [2.75, 3.05) is 5.32 Å². The minimum Gasteiger partial charge on any atom is -0.364 e. The number of fused-ring (bicyclic) bond motifs is 1. The highest BCUT2D eigenvalue weighted by molar-refractivity contribution is 5.91. The summed E-state index contributed by atoms with van der Waals surface area (Å²) < 4.78 is 2.63. The minimum atomic E-state index is -0.606. The van der Waals surface area contributed by atoms with E-state index in [0.29, 0.717) is 16.8 Å². The van der Waals surface area contributed by atoms with Crippen LogP contribution in [0.2, 0.25) is 0 Å². The molecule has 2 aromatic heterocycles. The van der Waals surface area contributed by atoms with E-state index in [-0.39, 0.29) is 23.7 Å². The Morgan fingerprint density at radius 1 is 1.03 bits per heavy atom. The number of amides is 2. The summed E-state index contributed by atoms with van der Waals surface area (Å²) in [5.41, 5.74) is 6.29. The molecule has 0 unspecified atom stereocenters. The number of primary amides is 1. The quantitative estimate of drug-likeness (QED) is 0.533. The van der Waals surface area contributed by atoms with E-state index in [4.69, 9.17) is 5.73 Å². The summed E-state index contributed by atoms with van der Waals surface area (Å²) in [6, 6.07) is 15.4. The molecule has 0 bridgehead atoms. The highest BCUT2D eigenvalue weighted by atomic mass is 16.2. The number of carbonyl (C=O) groups is 2. The first kappa shape index (κ1) is 18.1. The van der Waals surface area contributed by atoms with Crippen LogP contribution in [0.5, 0.6) is 0 Å². The predicted molar refractivity (Wildman–Crippen MR) is 107 cm³/mol. The zero-order chi connectivity index (χ0) is 20.4. The van der Waals surface area contributed by atoms with Crippen molar-refractivity contribution in [2.45, 2.75) is 6.54 Å². The van der Waals surface area contributed by atoms with E-state index < -0.39 is 5.91 Å². The van der Waals surface area contributed by atoms with Gasteiger partial charge in [0.1, 0.15) is 12.2 Å². The topological polar surface area (TPSA) is 125 Å². The SMILES string of the molecule is NC(=O)c1ccn(-c2ccc(NC(=O)Cn3ncc4ccccc4c3=O)cc2)n1. The first-order chi connectivity index (χ1) is 14.0. The molecule has 2 aromatic carbocycles. The molecule has 0 fully saturated rings. The number of rotatable bonds is 5. The molecule has 0 saturated heterocycles. The van der Waals surface area contributed by atoms with Crippen molar-refractivity contribution in [2.24, 2.45) is 5.73 Å². The number of nitrogens with one attached hydrogen (secondary N) is 1. The van der Waals surface area contributed by atoms with Gasteiger partial charge in [0.25, 0.3) is 11.5 Å². The first-order valence-corrected chi connectivity index (χ1v) is 8.72. The van der Waals surface area contributed by atoms with E-state index in [9.17, 15) is 14.4 Å². The molecule has 0 spiro atoms. The number of nitrogens with two attached hydrogens (primary N) is 1. The van der Waals surface area contributed by atoms with Crippen LogP contribution in [0.1, 0.15) is 10.5 Å². The molecule has 144 valence electrons. The lowest BCUT2D eigenvalue weighted by molar-refractivity contribution is -0.117. The molecule has 9 heteroatoms. The molecular weight excluding hydrogens is 372 g/mol. The lowest BCUT2D eigenvalue weighted by atomic mass is 10.2. The monoisotopic (exact) mass is 388 g/mol. The number of hydrogen-bond donors (Lipinski definition) is 2. The fourth-order valence-electron chi connectivity index (χ4n) is 2.87. The summed E-state index contributed by atoms with van der Waals surface area (Å²) in [6.45, 7) is -0.202. The molecule has 0 saturated carbocycles. The van der Waals surface area contributed by atoms with Crippen LogP contribution in [0.4, 0.5) is 5.69 Å². The van der Waals surface area contributed by atoms with Gasteiger partial charge in [0, 0.05) is 17.3 Å². The number of aromatic nitrogens is 4. The van der Waals surface area contributed by atoms with Crippen LogP contribution in [-0.2, 0) is 11.3 Å². The van der Waals surface area contributed by atoms with Crippen LogP contribution in [0.3, 0.4) is 0 Å². The van der Waals surface area contributed by atoms with E-state index in [2.05, 4.69) is 15.5 Å². The van der Waals surface area contributed by atoms with Crippen LogP contribution in [0.15, 0.2) is 71.8 Å². The fraction of sp³-hybridized carbons (Fsp3) is 0.0500. The fourth-order valence-corrected chi connectivity index (χ4v) is 2.87. The molecule has 9 nitrogen and oxygen atoms in total. The largest absolute Gasteiger partial charge is 0.364 e. The van der Waals surface area contributed by atoms with Gasteiger partial charge in [-0.1, -0.05) is 18.2 Å². The van der Waals surface area contributed by atoms with Gasteiger partial charge in [-0.15, -0.1) is 0 Å². The Morgan fingerprint density at radius 2 is 1.79 bits per heavy atom. The molecular formula is C20H16N6O3. The van der Waals surface area contributed by atoms with Gasteiger partial charge in [0.15, 0.2) is 0 Å². The highest BCUT2D eigenvalue weighted by Gasteiger charge is 2.10. The normalized spacial score (nSPS) is 10.8. The van der Waals surface area contributed by atoms with Crippen molar-refractivity contribution >= 4 is 28.3 Å². The zero-order valence-electron chi connectivity index (χ0n) is 15.1. The van der Waals surface area contributed by atoms with Crippen LogP contribution in [0.25, 0.3) is 16.5 Å². The highest BCUT2D eigenvalue weighted by Crippen LogP contribution is 2.13. The lowest BCUT2D eigenvalue weighted by Gasteiger charge is -2.08. The van der Waals surface area contributed by atoms with Crippen molar-refractivity contribution in [3.8, 4) is 5.69 Å². The van der Waals surface area contributed by atoms with Gasteiger partial charge in [0.2, 0.25) is 5.91 Å². The molecule has 0 radical (unpaired) electrons. The number of carbonyl (C=O) groups excluding carboxylic acids is 2. The van der Waals surface area contributed by atoms with Crippen molar-refractivity contribution in [1.82, 2.24) is 19.6 Å². The number of benzene rings is 2. The second-order valence-electron chi connectivity index (χ2n) is 6.30. The molecule has 4 aromatic rings. The predicted octanol–water partition coefficient (Wildman–Crippen LogP) is 1.32. The molecule has 0 aliphatic carbocycles. The summed E-state index contributed by atoms with van der Waals surface area (Å²) in [7, 11) is 0. The van der Waals surface area contributed by atoms with Gasteiger partial charge < -0.3 is 11.1 Å². The summed E-state index contributed by atoms with van der Waals surface area (Å²) >= 11 is 0. The van der Waals surface area contributed by atoms with E-state index in [1.165, 1.54) is 10.7 Å². The Kier molecular flexibility index (Phi) is 4.62. The Morgan fingerprint density at radius 3 is 2.52 bits per heavy atom. The standard InChI is InChI=1S/C20H16N6O3/c21-19(28)17-9-10-25(24-17)15-7-5-14(6-8-15)23-18(27)12-26-20(29)16-4-2-1-3-13(16)11-22-26/h1-11H,12H2,(H2,21,28)(H,23,27). The molecule has 2 amide bonds. The summed E-state index contributed by atoms with van der Waals surface area (Å²) in [6.07, 6.45) is 3.18. The lowest BCUT2D eigenvalue weighted by Crippen LogP contribution is -2.29. The number of nitrogens with zero attached hydrogens (tertiary/aromatic N) is 4. The smallest absolute Gasteiger partial charge is 0.275 e. The van der Waals surface area contributed by atoms with Crippen LogP contribution >= 0.6 is 0 Å². The molecule has 0 atom stereocenters. The van der Waals surface area contributed by atoms with E-state index in [1.807, 2.05) is 6.07 Å². The molecule has 29 heavy (non-hydrogen) atoms. The van der Waals surface area contributed by atoms with Gasteiger partial charge >= 0.3 is 0 Å². The van der Waals surface area contributed by atoms with Crippen LogP contribution in [-0.4, -0.2) is 31.4 Å². The van der Waals surface area contributed by atoms with Gasteiger partial charge in [-0.25, -0.2) is 9.36 Å².